The molecule has 1 aromatic carbocycles. The van der Waals surface area contributed by atoms with Gasteiger partial charge in [-0.15, -0.1) is 0 Å². The fourth-order valence-corrected chi connectivity index (χ4v) is 1.76. The van der Waals surface area contributed by atoms with Gasteiger partial charge < -0.3 is 5.11 Å². The van der Waals surface area contributed by atoms with Gasteiger partial charge in [-0.2, -0.15) is 0 Å². The van der Waals surface area contributed by atoms with Crippen LogP contribution in [-0.2, 0) is 4.79 Å². The highest BCUT2D eigenvalue weighted by Crippen LogP contribution is 2.21. The lowest BCUT2D eigenvalue weighted by Crippen LogP contribution is -2.28. The topological polar surface area (TPSA) is 40.5 Å². The number of hydrogen-bond acceptors (Lipinski definition) is 2. The summed E-state index contributed by atoms with van der Waals surface area (Å²) in [5, 5.41) is 8.75. The Balaban J connectivity index is 2.75. The third-order valence-corrected chi connectivity index (χ3v) is 3.13. The van der Waals surface area contributed by atoms with Crippen LogP contribution in [0.4, 0.5) is 0 Å². The molecular formula is C14H21NO2. The number of hydrogen-bond donors (Lipinski definition) is 1. The molecule has 3 heteroatoms. The number of carboxylic acids is 1. The minimum Gasteiger partial charge on any atom is -0.480 e. The van der Waals surface area contributed by atoms with Crippen LogP contribution in [-0.4, -0.2) is 29.6 Å². The van der Waals surface area contributed by atoms with Crippen molar-refractivity contribution in [3.63, 3.8) is 0 Å². The van der Waals surface area contributed by atoms with Crippen LogP contribution >= 0.6 is 0 Å². The minimum atomic E-state index is -0.793. The molecule has 1 aromatic rings. The maximum absolute atomic E-state index is 10.6. The molecule has 0 radical (unpaired) electrons. The molecule has 0 aliphatic rings. The average molecular weight is 235 g/mol. The first-order valence-electron chi connectivity index (χ1n) is 5.93. The van der Waals surface area contributed by atoms with Gasteiger partial charge in [-0.1, -0.05) is 38.1 Å². The molecule has 0 saturated carbocycles. The lowest BCUT2D eigenvalue weighted by molar-refractivity contribution is -0.138. The molecule has 0 amide bonds. The Bertz CT molecular complexity index is 370. The molecule has 1 unspecified atom stereocenters. The smallest absolute Gasteiger partial charge is 0.317 e. The van der Waals surface area contributed by atoms with E-state index < -0.39 is 5.97 Å². The number of carboxylic acid groups (broad SMARTS) is 1. The molecule has 0 aromatic heterocycles. The molecule has 0 saturated heterocycles. The van der Waals surface area contributed by atoms with Crippen LogP contribution in [0.15, 0.2) is 24.3 Å². The van der Waals surface area contributed by atoms with Crippen LogP contribution < -0.4 is 0 Å². The molecule has 0 aliphatic carbocycles. The van der Waals surface area contributed by atoms with Crippen LogP contribution in [0.25, 0.3) is 0 Å². The predicted molar refractivity (Wildman–Crippen MR) is 69.2 cm³/mol. The molecule has 0 heterocycles. The van der Waals surface area contributed by atoms with Crippen LogP contribution in [0.5, 0.6) is 0 Å². The van der Waals surface area contributed by atoms with Gasteiger partial charge in [0, 0.05) is 6.04 Å². The summed E-state index contributed by atoms with van der Waals surface area (Å²) >= 11 is 0. The lowest BCUT2D eigenvalue weighted by atomic mass is 9.99. The molecule has 3 nitrogen and oxygen atoms in total. The highest BCUT2D eigenvalue weighted by molar-refractivity contribution is 5.69. The second kappa shape index (κ2) is 5.82. The second-order valence-electron chi connectivity index (χ2n) is 4.81. The zero-order valence-electron chi connectivity index (χ0n) is 11.0. The summed E-state index contributed by atoms with van der Waals surface area (Å²) in [5.74, 6) is -0.269. The number of nitrogens with zero attached hydrogens (tertiary/aromatic N) is 1. The van der Waals surface area contributed by atoms with Gasteiger partial charge >= 0.3 is 5.97 Å². The number of aliphatic carboxylic acids is 1. The predicted octanol–water partition coefficient (Wildman–Crippen LogP) is 2.89. The van der Waals surface area contributed by atoms with Gasteiger partial charge in [0.1, 0.15) is 0 Å². The number of rotatable bonds is 5. The highest BCUT2D eigenvalue weighted by atomic mass is 16.4. The van der Waals surface area contributed by atoms with E-state index >= 15 is 0 Å². The summed E-state index contributed by atoms with van der Waals surface area (Å²) in [7, 11) is 1.83. The normalized spacial score (nSPS) is 13.1. The zero-order valence-corrected chi connectivity index (χ0v) is 11.0. The van der Waals surface area contributed by atoms with Gasteiger partial charge in [0.15, 0.2) is 0 Å². The van der Waals surface area contributed by atoms with E-state index in [1.54, 1.807) is 0 Å². The van der Waals surface area contributed by atoms with E-state index in [2.05, 4.69) is 38.1 Å². The van der Waals surface area contributed by atoms with Gasteiger partial charge in [-0.25, -0.2) is 0 Å². The summed E-state index contributed by atoms with van der Waals surface area (Å²) in [4.78, 5) is 12.5. The number of likely N-dealkylation sites (N-methyl/N-ethyl adjacent to an activating group) is 1. The highest BCUT2D eigenvalue weighted by Gasteiger charge is 2.14. The van der Waals surface area contributed by atoms with Crippen LogP contribution in [0.1, 0.15) is 43.9 Å². The van der Waals surface area contributed by atoms with Gasteiger partial charge in [-0.3, -0.25) is 9.69 Å². The van der Waals surface area contributed by atoms with Gasteiger partial charge in [0.2, 0.25) is 0 Å². The summed E-state index contributed by atoms with van der Waals surface area (Å²) < 4.78 is 0. The summed E-state index contributed by atoms with van der Waals surface area (Å²) in [6, 6.07) is 8.51. The SMILES string of the molecule is CC(C)c1ccc(C(C)N(C)CC(=O)O)cc1. The Hall–Kier alpha value is -1.35. The van der Waals surface area contributed by atoms with Crippen molar-refractivity contribution in [3.8, 4) is 0 Å². The number of carbonyl (C=O) groups is 1. The monoisotopic (exact) mass is 235 g/mol. The van der Waals surface area contributed by atoms with Crippen molar-refractivity contribution in [1.82, 2.24) is 4.90 Å². The molecule has 0 spiro atoms. The third-order valence-electron chi connectivity index (χ3n) is 3.13. The maximum atomic E-state index is 10.6. The van der Waals surface area contributed by atoms with Crippen molar-refractivity contribution in [2.24, 2.45) is 0 Å². The van der Waals surface area contributed by atoms with Gasteiger partial charge in [-0.05, 0) is 31.0 Å². The van der Waals surface area contributed by atoms with E-state index in [0.717, 1.165) is 5.56 Å². The molecule has 0 fully saturated rings. The Morgan fingerprint density at radius 3 is 2.06 bits per heavy atom. The Kier molecular flexibility index (Phi) is 4.70. The summed E-state index contributed by atoms with van der Waals surface area (Å²) in [5.41, 5.74) is 2.46. The maximum Gasteiger partial charge on any atom is 0.317 e. The van der Waals surface area contributed by atoms with Crippen molar-refractivity contribution in [1.29, 1.82) is 0 Å². The van der Waals surface area contributed by atoms with Crippen molar-refractivity contribution in [2.75, 3.05) is 13.6 Å². The van der Waals surface area contributed by atoms with Gasteiger partial charge in [0.05, 0.1) is 6.54 Å². The van der Waals surface area contributed by atoms with E-state index in [4.69, 9.17) is 5.11 Å². The second-order valence-corrected chi connectivity index (χ2v) is 4.81. The van der Waals surface area contributed by atoms with E-state index in [0.29, 0.717) is 5.92 Å². The fourth-order valence-electron chi connectivity index (χ4n) is 1.76. The lowest BCUT2D eigenvalue weighted by Gasteiger charge is -2.23. The first kappa shape index (κ1) is 13.7. The van der Waals surface area contributed by atoms with Crippen molar-refractivity contribution >= 4 is 5.97 Å². The van der Waals surface area contributed by atoms with Crippen molar-refractivity contribution in [2.45, 2.75) is 32.7 Å². The fraction of sp³-hybridized carbons (Fsp3) is 0.500. The third kappa shape index (κ3) is 3.86. The minimum absolute atomic E-state index is 0.0626. The van der Waals surface area contributed by atoms with Crippen LogP contribution in [0.2, 0.25) is 0 Å². The van der Waals surface area contributed by atoms with Crippen molar-refractivity contribution < 1.29 is 9.90 Å². The summed E-state index contributed by atoms with van der Waals surface area (Å²) in [6.45, 7) is 6.41. The number of benzene rings is 1. The van der Waals surface area contributed by atoms with E-state index in [1.807, 2.05) is 18.9 Å². The van der Waals surface area contributed by atoms with Gasteiger partial charge in [0.25, 0.3) is 0 Å². The Labute approximate surface area is 103 Å². The molecule has 1 atom stereocenters. The average Bonchev–Trinajstić information content (AvgIpc) is 2.27. The van der Waals surface area contributed by atoms with Crippen LogP contribution in [0, 0.1) is 0 Å². The molecule has 1 N–H and O–H groups in total. The summed E-state index contributed by atoms with van der Waals surface area (Å²) in [6.07, 6.45) is 0. The van der Waals surface area contributed by atoms with E-state index in [-0.39, 0.29) is 12.6 Å². The first-order chi connectivity index (χ1) is 7.91. The van der Waals surface area contributed by atoms with Crippen molar-refractivity contribution in [3.05, 3.63) is 35.4 Å². The molecular weight excluding hydrogens is 214 g/mol. The molecule has 1 rings (SSSR count). The zero-order chi connectivity index (χ0) is 13.0. The standard InChI is InChI=1S/C14H21NO2/c1-10(2)12-5-7-13(8-6-12)11(3)15(4)9-14(16)17/h5-8,10-11H,9H2,1-4H3,(H,16,17). The quantitative estimate of drug-likeness (QED) is 0.853. The first-order valence-corrected chi connectivity index (χ1v) is 5.93. The van der Waals surface area contributed by atoms with E-state index in [9.17, 15) is 4.79 Å². The van der Waals surface area contributed by atoms with E-state index in [1.165, 1.54) is 5.56 Å². The van der Waals surface area contributed by atoms with Crippen LogP contribution in [0.3, 0.4) is 0 Å². The molecule has 17 heavy (non-hydrogen) atoms. The molecule has 0 bridgehead atoms. The Morgan fingerprint density at radius 1 is 1.18 bits per heavy atom. The largest absolute Gasteiger partial charge is 0.480 e. The Morgan fingerprint density at radius 2 is 1.65 bits per heavy atom. The molecule has 0 aliphatic heterocycles. The molecule has 94 valence electrons.